The minimum Gasteiger partial charge on any atom is -0.480 e. The van der Waals surface area contributed by atoms with Crippen LogP contribution in [0.3, 0.4) is 0 Å². The smallest absolute Gasteiger partial charge is 0.312 e. The molecule has 0 unspecified atom stereocenters. The molecule has 6 nitrogen and oxygen atoms in total. The highest BCUT2D eigenvalue weighted by Crippen LogP contribution is 2.33. The SMILES string of the molecule is O=[N+]([O-])c1cc(Br)c(F)cc1OCc1nnsc1Cl. The van der Waals surface area contributed by atoms with Crippen molar-refractivity contribution in [3.63, 3.8) is 0 Å². The lowest BCUT2D eigenvalue weighted by molar-refractivity contribution is -0.386. The summed E-state index contributed by atoms with van der Waals surface area (Å²) < 4.78 is 22.4. The number of hydrogen-bond acceptors (Lipinski definition) is 6. The second-order valence-electron chi connectivity index (χ2n) is 3.27. The molecule has 19 heavy (non-hydrogen) atoms. The summed E-state index contributed by atoms with van der Waals surface area (Å²) in [4.78, 5) is 10.2. The molecule has 0 bridgehead atoms. The van der Waals surface area contributed by atoms with Crippen LogP contribution in [0.25, 0.3) is 0 Å². The Labute approximate surface area is 123 Å². The van der Waals surface area contributed by atoms with Gasteiger partial charge in [-0.2, -0.15) is 0 Å². The number of aromatic nitrogens is 2. The van der Waals surface area contributed by atoms with E-state index in [-0.39, 0.29) is 22.5 Å². The molecule has 2 aromatic rings. The summed E-state index contributed by atoms with van der Waals surface area (Å²) in [5.41, 5.74) is -0.0168. The van der Waals surface area contributed by atoms with Crippen molar-refractivity contribution >= 4 is 44.8 Å². The molecule has 0 radical (unpaired) electrons. The molecular weight excluding hydrogens is 365 g/mol. The Morgan fingerprint density at radius 3 is 2.89 bits per heavy atom. The number of nitro groups is 1. The lowest BCUT2D eigenvalue weighted by Crippen LogP contribution is -2.01. The Balaban J connectivity index is 2.26. The largest absolute Gasteiger partial charge is 0.480 e. The quantitative estimate of drug-likeness (QED) is 0.609. The molecule has 0 saturated heterocycles. The summed E-state index contributed by atoms with van der Waals surface area (Å²) in [6, 6.07) is 1.96. The molecular formula is C9H4BrClFN3O3S. The average molecular weight is 369 g/mol. The maximum absolute atomic E-state index is 13.4. The van der Waals surface area contributed by atoms with Crippen LogP contribution in [0.15, 0.2) is 16.6 Å². The molecule has 0 aliphatic rings. The lowest BCUT2D eigenvalue weighted by atomic mass is 10.3. The van der Waals surface area contributed by atoms with E-state index in [0.29, 0.717) is 10.0 Å². The third-order valence-electron chi connectivity index (χ3n) is 2.07. The number of ether oxygens (including phenoxy) is 1. The summed E-state index contributed by atoms with van der Waals surface area (Å²) in [6.07, 6.45) is 0. The van der Waals surface area contributed by atoms with Gasteiger partial charge in [-0.05, 0) is 15.9 Å². The molecule has 0 atom stereocenters. The van der Waals surface area contributed by atoms with Crippen molar-refractivity contribution in [2.75, 3.05) is 0 Å². The van der Waals surface area contributed by atoms with E-state index in [2.05, 4.69) is 25.5 Å². The van der Waals surface area contributed by atoms with Gasteiger partial charge in [0.25, 0.3) is 0 Å². The molecule has 100 valence electrons. The van der Waals surface area contributed by atoms with Gasteiger partial charge in [-0.25, -0.2) is 4.39 Å². The summed E-state index contributed by atoms with van der Waals surface area (Å²) in [6.45, 7) is -0.128. The molecule has 0 N–H and O–H groups in total. The second-order valence-corrected chi connectivity index (χ2v) is 5.48. The van der Waals surface area contributed by atoms with Gasteiger partial charge in [0.05, 0.1) is 9.40 Å². The van der Waals surface area contributed by atoms with Crippen LogP contribution in [0, 0.1) is 15.9 Å². The topological polar surface area (TPSA) is 78.2 Å². The zero-order valence-corrected chi connectivity index (χ0v) is 12.1. The van der Waals surface area contributed by atoms with Crippen molar-refractivity contribution in [2.24, 2.45) is 0 Å². The van der Waals surface area contributed by atoms with Gasteiger partial charge in [0.1, 0.15) is 22.5 Å². The minimum absolute atomic E-state index is 0.0140. The second kappa shape index (κ2) is 5.76. The standard InChI is InChI=1S/C9H4BrClFN3O3S/c10-4-1-7(15(16)17)8(2-5(4)12)18-3-6-9(11)19-14-13-6/h1-2H,3H2. The first-order valence-corrected chi connectivity index (χ1v) is 6.66. The molecule has 2 rings (SSSR count). The monoisotopic (exact) mass is 367 g/mol. The predicted molar refractivity (Wildman–Crippen MR) is 70.0 cm³/mol. The van der Waals surface area contributed by atoms with E-state index in [1.165, 1.54) is 0 Å². The summed E-state index contributed by atoms with van der Waals surface area (Å²) in [7, 11) is 0. The Morgan fingerprint density at radius 1 is 1.58 bits per heavy atom. The summed E-state index contributed by atoms with van der Waals surface area (Å²) in [5.74, 6) is -0.863. The molecule has 0 fully saturated rings. The Bertz CT molecular complexity index is 639. The van der Waals surface area contributed by atoms with Crippen LogP contribution in [0.1, 0.15) is 5.69 Å². The lowest BCUT2D eigenvalue weighted by Gasteiger charge is -2.06. The zero-order chi connectivity index (χ0) is 14.0. The normalized spacial score (nSPS) is 10.5. The fourth-order valence-electron chi connectivity index (χ4n) is 1.21. The minimum atomic E-state index is -0.666. The molecule has 1 heterocycles. The molecule has 1 aromatic carbocycles. The molecule has 0 saturated carbocycles. The maximum atomic E-state index is 13.4. The van der Waals surface area contributed by atoms with Crippen LogP contribution < -0.4 is 4.74 Å². The third kappa shape index (κ3) is 3.17. The average Bonchev–Trinajstić information content (AvgIpc) is 2.75. The maximum Gasteiger partial charge on any atom is 0.312 e. The Morgan fingerprint density at radius 2 is 2.32 bits per heavy atom. The van der Waals surface area contributed by atoms with Crippen LogP contribution in [0.2, 0.25) is 4.34 Å². The number of nitrogens with zero attached hydrogens (tertiary/aromatic N) is 3. The van der Waals surface area contributed by atoms with E-state index in [1.54, 1.807) is 0 Å². The highest BCUT2D eigenvalue weighted by atomic mass is 79.9. The van der Waals surface area contributed by atoms with E-state index in [9.17, 15) is 14.5 Å². The van der Waals surface area contributed by atoms with Crippen LogP contribution in [-0.2, 0) is 6.61 Å². The van der Waals surface area contributed by atoms with Crippen molar-refractivity contribution in [1.29, 1.82) is 0 Å². The number of nitro benzene ring substituents is 1. The van der Waals surface area contributed by atoms with Gasteiger partial charge in [-0.3, -0.25) is 10.1 Å². The van der Waals surface area contributed by atoms with Gasteiger partial charge in [0.2, 0.25) is 5.75 Å². The first-order valence-electron chi connectivity index (χ1n) is 4.72. The number of rotatable bonds is 4. The van der Waals surface area contributed by atoms with Crippen molar-refractivity contribution < 1.29 is 14.1 Å². The van der Waals surface area contributed by atoms with Crippen LogP contribution in [-0.4, -0.2) is 14.5 Å². The molecule has 0 spiro atoms. The van der Waals surface area contributed by atoms with Gasteiger partial charge in [-0.15, -0.1) is 5.10 Å². The van der Waals surface area contributed by atoms with Crippen LogP contribution in [0.5, 0.6) is 5.75 Å². The van der Waals surface area contributed by atoms with E-state index in [4.69, 9.17) is 16.3 Å². The molecule has 0 amide bonds. The molecule has 1 aromatic heterocycles. The number of benzene rings is 1. The number of halogens is 3. The van der Waals surface area contributed by atoms with E-state index in [0.717, 1.165) is 23.7 Å². The first-order chi connectivity index (χ1) is 8.99. The van der Waals surface area contributed by atoms with Gasteiger partial charge in [0, 0.05) is 23.7 Å². The van der Waals surface area contributed by atoms with Gasteiger partial charge in [0.15, 0.2) is 0 Å². The van der Waals surface area contributed by atoms with E-state index in [1.807, 2.05) is 0 Å². The fourth-order valence-corrected chi connectivity index (χ4v) is 2.14. The summed E-state index contributed by atoms with van der Waals surface area (Å²) in [5, 5.41) is 14.5. The van der Waals surface area contributed by atoms with E-state index >= 15 is 0 Å². The molecule has 0 aliphatic heterocycles. The van der Waals surface area contributed by atoms with Crippen molar-refractivity contribution in [1.82, 2.24) is 9.59 Å². The predicted octanol–water partition coefficient (Wildman–Crippen LogP) is 3.58. The van der Waals surface area contributed by atoms with Crippen molar-refractivity contribution in [2.45, 2.75) is 6.61 Å². The Kier molecular flexibility index (Phi) is 4.27. The number of hydrogen-bond donors (Lipinski definition) is 0. The van der Waals surface area contributed by atoms with Crippen molar-refractivity contribution in [3.05, 3.63) is 42.6 Å². The first kappa shape index (κ1) is 14.1. The third-order valence-corrected chi connectivity index (χ3v) is 3.66. The van der Waals surface area contributed by atoms with Gasteiger partial charge in [-0.1, -0.05) is 16.1 Å². The van der Waals surface area contributed by atoms with Crippen molar-refractivity contribution in [3.8, 4) is 5.75 Å². The van der Waals surface area contributed by atoms with Crippen LogP contribution >= 0.6 is 39.1 Å². The fraction of sp³-hybridized carbons (Fsp3) is 0.111. The highest BCUT2D eigenvalue weighted by molar-refractivity contribution is 9.10. The van der Waals surface area contributed by atoms with Gasteiger partial charge < -0.3 is 4.74 Å². The molecule has 0 aliphatic carbocycles. The summed E-state index contributed by atoms with van der Waals surface area (Å²) >= 11 is 9.60. The Hall–Kier alpha value is -1.32. The molecule has 10 heteroatoms. The zero-order valence-electron chi connectivity index (χ0n) is 8.97. The van der Waals surface area contributed by atoms with E-state index < -0.39 is 10.7 Å². The van der Waals surface area contributed by atoms with Crippen LogP contribution in [0.4, 0.5) is 10.1 Å². The van der Waals surface area contributed by atoms with Gasteiger partial charge >= 0.3 is 5.69 Å². The highest BCUT2D eigenvalue weighted by Gasteiger charge is 2.19.